The molecule has 0 spiro atoms. The Morgan fingerprint density at radius 3 is 2.11 bits per heavy atom. The molecule has 0 aliphatic carbocycles. The van der Waals surface area contributed by atoms with E-state index in [9.17, 15) is 0 Å². The standard InChI is InChI=1S/C20H21.C2H7OSi.2ClH.Zr/c1-4-15(3)16-8-10-17(11-9-16)19-7-5-6-18-12-14(2)13-20(18)19;1-4(2)3;;;/h5-13,15H,4H2,1-3H3;3H,1-2H3;2*1H;/q-1;;;;+3/p-2. The van der Waals surface area contributed by atoms with Gasteiger partial charge in [0, 0.05) is 0 Å². The van der Waals surface area contributed by atoms with Crippen molar-refractivity contribution in [3.8, 4) is 11.1 Å². The van der Waals surface area contributed by atoms with Gasteiger partial charge in [-0.25, -0.2) is 0 Å². The minimum absolute atomic E-state index is 0. The third kappa shape index (κ3) is 8.30. The van der Waals surface area contributed by atoms with Crippen LogP contribution in [-0.2, 0) is 26.2 Å². The van der Waals surface area contributed by atoms with Crippen LogP contribution in [-0.4, -0.2) is 13.8 Å². The Balaban J connectivity index is 0. The molecule has 27 heavy (non-hydrogen) atoms. The van der Waals surface area contributed by atoms with Crippen LogP contribution in [0.4, 0.5) is 0 Å². The summed E-state index contributed by atoms with van der Waals surface area (Å²) in [6, 6.07) is 20.2. The predicted molar refractivity (Wildman–Crippen MR) is 108 cm³/mol. The van der Waals surface area contributed by atoms with Crippen molar-refractivity contribution >= 4 is 19.8 Å². The van der Waals surface area contributed by atoms with E-state index in [2.05, 4.69) is 75.4 Å². The summed E-state index contributed by atoms with van der Waals surface area (Å²) >= 11 is 0. The summed E-state index contributed by atoms with van der Waals surface area (Å²) in [5, 5.41) is 2.70. The van der Waals surface area contributed by atoms with E-state index in [1.54, 1.807) is 0 Å². The van der Waals surface area contributed by atoms with E-state index in [1.807, 2.05) is 13.1 Å². The van der Waals surface area contributed by atoms with E-state index in [0.29, 0.717) is 5.92 Å². The molecular formula is C22H28Cl2OSiZr. The van der Waals surface area contributed by atoms with Crippen LogP contribution in [0.15, 0.2) is 54.6 Å². The fraction of sp³-hybridized carbons (Fsp3) is 0.318. The first-order valence-electron chi connectivity index (χ1n) is 8.68. The fourth-order valence-electron chi connectivity index (χ4n) is 2.86. The van der Waals surface area contributed by atoms with Crippen LogP contribution in [0.3, 0.4) is 0 Å². The first kappa shape index (κ1) is 28.9. The van der Waals surface area contributed by atoms with Crippen LogP contribution in [0.25, 0.3) is 21.9 Å². The summed E-state index contributed by atoms with van der Waals surface area (Å²) in [4.78, 5) is 8.16. The van der Waals surface area contributed by atoms with Crippen molar-refractivity contribution < 1.29 is 55.8 Å². The van der Waals surface area contributed by atoms with Crippen molar-refractivity contribution in [2.24, 2.45) is 0 Å². The smallest absolute Gasteiger partial charge is 1.00 e. The van der Waals surface area contributed by atoms with Gasteiger partial charge in [0.1, 0.15) is 0 Å². The molecule has 0 fully saturated rings. The second kappa shape index (κ2) is 13.8. The fourth-order valence-corrected chi connectivity index (χ4v) is 2.86. The average Bonchev–Trinajstić information content (AvgIpc) is 2.94. The number of halogens is 2. The van der Waals surface area contributed by atoms with Gasteiger partial charge >= 0.3 is 26.2 Å². The van der Waals surface area contributed by atoms with Crippen LogP contribution >= 0.6 is 0 Å². The molecule has 0 aromatic heterocycles. The SMILES string of the molecule is CCC(C)c1ccc(-c2cccc3[cH-]c(C)cc23)cc1.C[Si](C)O.[Cl-].[Cl-].[Zr+3]. The number of rotatable bonds is 3. The van der Waals surface area contributed by atoms with Gasteiger partial charge in [-0.1, -0.05) is 56.7 Å². The van der Waals surface area contributed by atoms with Gasteiger partial charge in [-0.15, -0.1) is 34.5 Å². The van der Waals surface area contributed by atoms with Crippen LogP contribution in [0.1, 0.15) is 37.3 Å². The zero-order chi connectivity index (χ0) is 17.7. The normalized spacial score (nSPS) is 10.8. The maximum atomic E-state index is 8.16. The van der Waals surface area contributed by atoms with Crippen LogP contribution in [0, 0.1) is 6.92 Å². The number of hydrogen-bond donors (Lipinski definition) is 1. The van der Waals surface area contributed by atoms with Crippen molar-refractivity contribution in [1.29, 1.82) is 0 Å². The Morgan fingerprint density at radius 1 is 1.04 bits per heavy atom. The summed E-state index contributed by atoms with van der Waals surface area (Å²) < 4.78 is 0. The van der Waals surface area contributed by atoms with Crippen LogP contribution in [0.2, 0.25) is 13.1 Å². The van der Waals surface area contributed by atoms with Crippen LogP contribution < -0.4 is 24.8 Å². The van der Waals surface area contributed by atoms with E-state index in [0.717, 1.165) is 0 Å². The zero-order valence-corrected chi connectivity index (χ0v) is 21.7. The van der Waals surface area contributed by atoms with Crippen LogP contribution in [0.5, 0.6) is 0 Å². The molecule has 0 saturated carbocycles. The van der Waals surface area contributed by atoms with Crippen molar-refractivity contribution in [2.75, 3.05) is 0 Å². The second-order valence-corrected chi connectivity index (χ2v) is 8.61. The summed E-state index contributed by atoms with van der Waals surface area (Å²) in [6.07, 6.45) is 1.19. The Labute approximate surface area is 197 Å². The summed E-state index contributed by atoms with van der Waals surface area (Å²) in [5.74, 6) is 0.640. The van der Waals surface area contributed by atoms with E-state index in [1.165, 1.54) is 39.4 Å². The molecule has 0 heterocycles. The van der Waals surface area contributed by atoms with Gasteiger partial charge in [0.2, 0.25) is 0 Å². The molecule has 1 unspecified atom stereocenters. The Morgan fingerprint density at radius 2 is 1.59 bits per heavy atom. The maximum Gasteiger partial charge on any atom is 3.00 e. The van der Waals surface area contributed by atoms with E-state index in [-0.39, 0.29) is 51.0 Å². The topological polar surface area (TPSA) is 20.2 Å². The van der Waals surface area contributed by atoms with Gasteiger partial charge in [0.25, 0.3) is 0 Å². The van der Waals surface area contributed by atoms with Gasteiger partial charge in [-0.05, 0) is 36.6 Å². The molecule has 144 valence electrons. The Hall–Kier alpha value is -0.310. The number of fused-ring (bicyclic) bond motifs is 1. The van der Waals surface area contributed by atoms with Gasteiger partial charge in [0.05, 0.1) is 0 Å². The first-order chi connectivity index (χ1) is 11.4. The monoisotopic (exact) mass is 496 g/mol. The molecule has 0 amide bonds. The molecule has 5 heteroatoms. The van der Waals surface area contributed by atoms with E-state index < -0.39 is 9.04 Å². The third-order valence-electron chi connectivity index (χ3n) is 4.30. The molecular weight excluding hydrogens is 470 g/mol. The number of aryl methyl sites for hydroxylation is 1. The molecule has 0 saturated heterocycles. The van der Waals surface area contributed by atoms with E-state index >= 15 is 0 Å². The van der Waals surface area contributed by atoms with Crippen molar-refractivity contribution in [3.63, 3.8) is 0 Å². The Bertz CT molecular complexity index is 782. The Kier molecular flexibility index (Phi) is 14.8. The molecule has 3 rings (SSSR count). The van der Waals surface area contributed by atoms with Crippen molar-refractivity contribution in [3.05, 3.63) is 65.7 Å². The second-order valence-electron chi connectivity index (χ2n) is 6.72. The molecule has 3 aromatic carbocycles. The molecule has 0 aliphatic rings. The molecule has 3 aromatic rings. The molecule has 0 aliphatic heterocycles. The molecule has 0 bridgehead atoms. The van der Waals surface area contributed by atoms with Gasteiger partial charge < -0.3 is 29.6 Å². The minimum Gasteiger partial charge on any atom is -1.00 e. The molecule has 2 radical (unpaired) electrons. The van der Waals surface area contributed by atoms with Gasteiger partial charge in [-0.3, -0.25) is 0 Å². The third-order valence-corrected chi connectivity index (χ3v) is 4.30. The largest absolute Gasteiger partial charge is 3.00 e. The number of benzene rings is 2. The summed E-state index contributed by atoms with van der Waals surface area (Å²) in [5.41, 5.74) is 5.42. The quantitative estimate of drug-likeness (QED) is 0.407. The van der Waals surface area contributed by atoms with Crippen molar-refractivity contribution in [1.82, 2.24) is 0 Å². The first-order valence-corrected chi connectivity index (χ1v) is 11.1. The summed E-state index contributed by atoms with van der Waals surface area (Å²) in [6.45, 7) is 10.3. The average molecular weight is 499 g/mol. The van der Waals surface area contributed by atoms with E-state index in [4.69, 9.17) is 4.80 Å². The van der Waals surface area contributed by atoms with Gasteiger partial charge in [-0.2, -0.15) is 6.07 Å². The zero-order valence-electron chi connectivity index (χ0n) is 16.7. The molecule has 1 atom stereocenters. The maximum absolute atomic E-state index is 8.16. The van der Waals surface area contributed by atoms with Gasteiger partial charge in [0.15, 0.2) is 9.04 Å². The molecule has 1 nitrogen and oxygen atoms in total. The number of hydrogen-bond acceptors (Lipinski definition) is 1. The summed E-state index contributed by atoms with van der Waals surface area (Å²) in [7, 11) is -0.880. The predicted octanol–water partition coefficient (Wildman–Crippen LogP) is 0.283. The molecule has 1 N–H and O–H groups in total. The van der Waals surface area contributed by atoms with Crippen molar-refractivity contribution in [2.45, 2.75) is 46.2 Å². The minimum atomic E-state index is -0.880.